The van der Waals surface area contributed by atoms with Crippen LogP contribution < -0.4 is 4.35 Å². The predicted octanol–water partition coefficient (Wildman–Crippen LogP) is 2.97. The Balaban J connectivity index is 2.29. The molecule has 0 spiro atoms. The fraction of sp³-hybridized carbons (Fsp3) is 0.385. The van der Waals surface area contributed by atoms with E-state index in [0.717, 1.165) is 30.2 Å². The Morgan fingerprint density at radius 2 is 1.82 bits per heavy atom. The van der Waals surface area contributed by atoms with Gasteiger partial charge in [0.1, 0.15) is 0 Å². The first-order chi connectivity index (χ1) is 8.19. The Kier molecular flexibility index (Phi) is 4.60. The Labute approximate surface area is 117 Å². The summed E-state index contributed by atoms with van der Waals surface area (Å²) in [4.78, 5) is 2.37. The average Bonchev–Trinajstić information content (AvgIpc) is 2.61. The number of halogens is 2. The van der Waals surface area contributed by atoms with Crippen LogP contribution in [0, 0.1) is 0 Å². The quantitative estimate of drug-likeness (QED) is 0.767. The van der Waals surface area contributed by atoms with E-state index in [9.17, 15) is 0 Å². The van der Waals surface area contributed by atoms with Crippen LogP contribution in [-0.2, 0) is 0 Å². The molecule has 0 fully saturated rings. The van der Waals surface area contributed by atoms with E-state index in [1.165, 1.54) is 8.71 Å². The molecule has 0 radical (unpaired) electrons. The summed E-state index contributed by atoms with van der Waals surface area (Å²) in [6.45, 7) is 7.35. The molecule has 1 aromatic rings. The number of likely N-dealkylation sites (N-methyl/N-ethyl adjacent to an activating group) is 1. The van der Waals surface area contributed by atoms with Crippen molar-refractivity contribution in [3.8, 4) is 0 Å². The third-order valence-electron chi connectivity index (χ3n) is 3.11. The fourth-order valence-corrected chi connectivity index (χ4v) is 7.72. The molecule has 0 aromatic heterocycles. The number of hydrogen-bond donors (Lipinski definition) is 0. The molecular weight excluding hydrogens is 316 g/mol. The molecule has 1 aliphatic rings. The van der Waals surface area contributed by atoms with Crippen LogP contribution in [0.5, 0.6) is 0 Å². The number of hydrogen-bond acceptors (Lipinski definition) is 1. The van der Waals surface area contributed by atoms with Gasteiger partial charge in [-0.1, -0.05) is 0 Å². The molecule has 1 unspecified atom stereocenters. The monoisotopic (exact) mass is 331 g/mol. The molecule has 1 aromatic carbocycles. The molecule has 0 amide bonds. The minimum atomic E-state index is -1.60. The molecule has 0 saturated heterocycles. The summed E-state index contributed by atoms with van der Waals surface area (Å²) in [6.07, 6.45) is 0. The van der Waals surface area contributed by atoms with Crippen LogP contribution in [0.3, 0.4) is 0 Å². The van der Waals surface area contributed by atoms with Crippen LogP contribution in [0.4, 0.5) is 0 Å². The van der Waals surface area contributed by atoms with E-state index in [2.05, 4.69) is 30.9 Å². The molecule has 1 heterocycles. The zero-order valence-electron chi connectivity index (χ0n) is 10.1. The maximum atomic E-state index is 6.64. The van der Waals surface area contributed by atoms with Gasteiger partial charge in [0, 0.05) is 0 Å². The van der Waals surface area contributed by atoms with Crippen LogP contribution in [-0.4, -0.2) is 38.2 Å². The Morgan fingerprint density at radius 1 is 1.18 bits per heavy atom. The summed E-state index contributed by atoms with van der Waals surface area (Å²) in [5.74, 6) is 0. The molecule has 4 heteroatoms. The van der Waals surface area contributed by atoms with Crippen LogP contribution in [0.1, 0.15) is 19.4 Å². The molecule has 0 bridgehead atoms. The van der Waals surface area contributed by atoms with Crippen molar-refractivity contribution in [2.75, 3.05) is 19.6 Å². The van der Waals surface area contributed by atoms with Gasteiger partial charge in [0.15, 0.2) is 0 Å². The van der Waals surface area contributed by atoms with E-state index in [1.54, 1.807) is 0 Å². The van der Waals surface area contributed by atoms with Gasteiger partial charge in [-0.15, -0.1) is 0 Å². The van der Waals surface area contributed by atoms with Crippen LogP contribution in [0.15, 0.2) is 28.6 Å². The first-order valence-electron chi connectivity index (χ1n) is 5.85. The van der Waals surface area contributed by atoms with E-state index >= 15 is 0 Å². The van der Waals surface area contributed by atoms with Crippen molar-refractivity contribution in [2.45, 2.75) is 13.8 Å². The fourth-order valence-electron chi connectivity index (χ4n) is 2.01. The molecule has 2 rings (SSSR count). The second-order valence-electron chi connectivity index (χ2n) is 4.02. The summed E-state index contributed by atoms with van der Waals surface area (Å²) in [5.41, 5.74) is 1.16. The summed E-state index contributed by atoms with van der Waals surface area (Å²) in [6, 6.07) is 8.28. The molecule has 0 saturated carbocycles. The van der Waals surface area contributed by atoms with Crippen molar-refractivity contribution in [1.29, 1.82) is 0 Å². The van der Waals surface area contributed by atoms with Gasteiger partial charge in [-0.05, 0) is 0 Å². The van der Waals surface area contributed by atoms with E-state index in [4.69, 9.17) is 21.6 Å². The molecule has 0 aliphatic carbocycles. The number of nitrogens with zero attached hydrogens (tertiary/aromatic N) is 1. The van der Waals surface area contributed by atoms with Gasteiger partial charge in [0.25, 0.3) is 0 Å². The molecular formula is C13H16AsCl2N. The van der Waals surface area contributed by atoms with Gasteiger partial charge in [0.2, 0.25) is 0 Å². The van der Waals surface area contributed by atoms with E-state index < -0.39 is 13.7 Å². The normalized spacial score (nSPS) is 19.0. The number of benzene rings is 1. The Bertz CT molecular complexity index is 441. The van der Waals surface area contributed by atoms with E-state index in [-0.39, 0.29) is 0 Å². The van der Waals surface area contributed by atoms with Gasteiger partial charge < -0.3 is 0 Å². The summed E-state index contributed by atoms with van der Waals surface area (Å²) >= 11 is 4.87. The molecule has 0 N–H and O–H groups in total. The van der Waals surface area contributed by atoms with Crippen molar-refractivity contribution in [1.82, 2.24) is 4.90 Å². The van der Waals surface area contributed by atoms with Crippen molar-refractivity contribution < 1.29 is 0 Å². The molecule has 17 heavy (non-hydrogen) atoms. The summed E-state index contributed by atoms with van der Waals surface area (Å²) in [7, 11) is 6.64. The first-order valence-corrected chi connectivity index (χ1v) is 10.6. The molecule has 1 nitrogen and oxygen atoms in total. The molecule has 1 aliphatic heterocycles. The topological polar surface area (TPSA) is 3.24 Å². The van der Waals surface area contributed by atoms with Crippen LogP contribution in [0.25, 0.3) is 5.03 Å². The van der Waals surface area contributed by atoms with Crippen molar-refractivity contribution in [3.63, 3.8) is 0 Å². The van der Waals surface area contributed by atoms with Crippen molar-refractivity contribution in [3.05, 3.63) is 34.2 Å². The van der Waals surface area contributed by atoms with Gasteiger partial charge in [-0.3, -0.25) is 0 Å². The van der Waals surface area contributed by atoms with Gasteiger partial charge >= 0.3 is 117 Å². The van der Waals surface area contributed by atoms with Crippen LogP contribution >= 0.6 is 21.6 Å². The second-order valence-corrected chi connectivity index (χ2v) is 9.48. The summed E-state index contributed by atoms with van der Waals surface area (Å²) in [5, 5.41) is 0.905. The predicted molar refractivity (Wildman–Crippen MR) is 78.2 cm³/mol. The first kappa shape index (κ1) is 13.5. The Morgan fingerprint density at radius 3 is 2.41 bits per heavy atom. The zero-order chi connectivity index (χ0) is 12.4. The molecule has 92 valence electrons. The average molecular weight is 332 g/mol. The minimum absolute atomic E-state index is 0.905. The Hall–Kier alpha value is 0.0584. The third kappa shape index (κ3) is 2.58. The molecule has 1 atom stereocenters. The summed E-state index contributed by atoms with van der Waals surface area (Å²) < 4.78 is 2.57. The number of fused-ring (bicyclic) bond motifs is 1. The third-order valence-corrected chi connectivity index (χ3v) is 9.30. The van der Waals surface area contributed by atoms with Gasteiger partial charge in [-0.25, -0.2) is 0 Å². The van der Waals surface area contributed by atoms with Gasteiger partial charge in [-0.2, -0.15) is 0 Å². The number of rotatable bonds is 4. The van der Waals surface area contributed by atoms with Crippen molar-refractivity contribution in [2.24, 2.45) is 0 Å². The van der Waals surface area contributed by atoms with Crippen molar-refractivity contribution >= 4 is 44.6 Å². The second kappa shape index (κ2) is 5.80. The van der Waals surface area contributed by atoms with E-state index in [0.29, 0.717) is 0 Å². The van der Waals surface area contributed by atoms with E-state index in [1.807, 2.05) is 12.1 Å². The van der Waals surface area contributed by atoms with Crippen LogP contribution in [0.2, 0.25) is 0 Å². The SMILES string of the molecule is CCN(CC)CC1=C(Cl)c2ccccc2[As]1Cl. The zero-order valence-corrected chi connectivity index (χ0v) is 13.5. The standard InChI is InChI=1S/C13H16AsCl2N/c1-3-17(4-2)9-12-13(15)10-7-5-6-8-11(10)14(12)16/h5-8H,3-4,9H2,1-2H3. The maximum absolute atomic E-state index is 6.64. The van der Waals surface area contributed by atoms with Gasteiger partial charge in [0.05, 0.1) is 0 Å².